The minimum Gasteiger partial charge on any atom is -0.282 e. The molecule has 0 amide bonds. The molecule has 0 N–H and O–H groups in total. The summed E-state index contributed by atoms with van der Waals surface area (Å²) >= 11 is 13.1. The van der Waals surface area contributed by atoms with Gasteiger partial charge in [0.05, 0.1) is 25.8 Å². The van der Waals surface area contributed by atoms with Crippen LogP contribution in [0.15, 0.2) is 45.2 Å². The van der Waals surface area contributed by atoms with Crippen molar-refractivity contribution in [1.29, 1.82) is 0 Å². The first-order chi connectivity index (χ1) is 19.9. The van der Waals surface area contributed by atoms with Crippen LogP contribution < -0.4 is 0 Å². The van der Waals surface area contributed by atoms with Gasteiger partial charge in [-0.05, 0) is 47.3 Å². The fourth-order valence-electron chi connectivity index (χ4n) is 3.95. The van der Waals surface area contributed by atoms with Gasteiger partial charge in [0.2, 0.25) is 9.54 Å². The van der Waals surface area contributed by atoms with Gasteiger partial charge in [0, 0.05) is 35.9 Å². The zero-order chi connectivity index (χ0) is 30.1. The number of hydrogen-bond donors (Lipinski definition) is 0. The van der Waals surface area contributed by atoms with E-state index in [9.17, 15) is 26.3 Å². The molecule has 5 heterocycles. The topological polar surface area (TPSA) is 76.7 Å². The fraction of sp³-hybridized carbons (Fsp3) is 0.364. The van der Waals surface area contributed by atoms with Crippen LogP contribution in [-0.2, 0) is 25.7 Å². The van der Waals surface area contributed by atoms with Crippen molar-refractivity contribution in [2.75, 3.05) is 26.2 Å². The molecule has 5 rings (SSSR count). The number of thiophene rings is 2. The van der Waals surface area contributed by atoms with E-state index in [0.29, 0.717) is 45.3 Å². The first-order valence-electron chi connectivity index (χ1n) is 12.0. The molecule has 1 aliphatic heterocycles. The highest BCUT2D eigenvalue weighted by atomic mass is 32.1. The van der Waals surface area contributed by atoms with Crippen molar-refractivity contribution in [1.82, 2.24) is 38.7 Å². The second-order valence-electron chi connectivity index (χ2n) is 8.87. The maximum Gasteiger partial charge on any atom is 0.453 e. The Morgan fingerprint density at radius 3 is 1.40 bits per heavy atom. The smallest absolute Gasteiger partial charge is 0.282 e. The van der Waals surface area contributed by atoms with Gasteiger partial charge in [-0.15, -0.1) is 32.9 Å². The second-order valence-corrected chi connectivity index (χ2v) is 11.6. The molecule has 0 unspecified atom stereocenters. The summed E-state index contributed by atoms with van der Waals surface area (Å²) in [5.41, 5.74) is 0. The average molecular weight is 667 g/mol. The lowest BCUT2D eigenvalue weighted by atomic mass is 10.3. The van der Waals surface area contributed by atoms with Crippen LogP contribution in [0.5, 0.6) is 0 Å². The molecule has 0 radical (unpaired) electrons. The van der Waals surface area contributed by atoms with Gasteiger partial charge in [0.25, 0.3) is 11.6 Å². The summed E-state index contributed by atoms with van der Waals surface area (Å²) in [7, 11) is 0. The van der Waals surface area contributed by atoms with E-state index in [2.05, 4.69) is 20.4 Å². The van der Waals surface area contributed by atoms with Gasteiger partial charge in [-0.1, -0.05) is 12.1 Å². The predicted octanol–water partition coefficient (Wildman–Crippen LogP) is 5.30. The van der Waals surface area contributed by atoms with Gasteiger partial charge in [-0.3, -0.25) is 9.80 Å². The number of alkyl halides is 6. The number of hydrogen-bond acceptors (Lipinski definition) is 10. The van der Waals surface area contributed by atoms with Crippen molar-refractivity contribution >= 4 is 59.5 Å². The summed E-state index contributed by atoms with van der Waals surface area (Å²) in [6.07, 6.45) is -7.00. The van der Waals surface area contributed by atoms with E-state index < -0.39 is 24.0 Å². The molecule has 0 aliphatic carbocycles. The van der Waals surface area contributed by atoms with Gasteiger partial charge >= 0.3 is 12.4 Å². The Hall–Kier alpha value is -3.04. The molecule has 4 aromatic heterocycles. The van der Waals surface area contributed by atoms with Crippen LogP contribution in [0.2, 0.25) is 0 Å². The molecule has 0 aromatic carbocycles. The van der Waals surface area contributed by atoms with Crippen LogP contribution in [0, 0.1) is 9.54 Å². The fourth-order valence-corrected chi connectivity index (χ4v) is 5.58. The molecule has 0 bridgehead atoms. The molecule has 1 saturated heterocycles. The van der Waals surface area contributed by atoms with E-state index >= 15 is 0 Å². The Labute approximate surface area is 252 Å². The quantitative estimate of drug-likeness (QED) is 0.144. The van der Waals surface area contributed by atoms with Crippen LogP contribution in [0.1, 0.15) is 21.4 Å². The van der Waals surface area contributed by atoms with Crippen LogP contribution in [-0.4, -0.2) is 77.3 Å². The highest BCUT2D eigenvalue weighted by Crippen LogP contribution is 2.29. The highest BCUT2D eigenvalue weighted by Gasteiger charge is 2.40. The summed E-state index contributed by atoms with van der Waals surface area (Å²) in [5, 5.41) is 18.7. The lowest BCUT2D eigenvalue weighted by Crippen LogP contribution is -2.47. The molecule has 20 heteroatoms. The van der Waals surface area contributed by atoms with Gasteiger partial charge in [0.15, 0.2) is 0 Å². The van der Waals surface area contributed by atoms with E-state index in [1.54, 1.807) is 35.0 Å². The third kappa shape index (κ3) is 6.94. The zero-order valence-corrected chi connectivity index (χ0v) is 24.5. The van der Waals surface area contributed by atoms with Crippen LogP contribution in [0.3, 0.4) is 0 Å². The Morgan fingerprint density at radius 2 is 1.10 bits per heavy atom. The molecule has 1 aliphatic rings. The van der Waals surface area contributed by atoms with Crippen molar-refractivity contribution < 1.29 is 26.3 Å². The molecule has 1 fully saturated rings. The number of rotatable bonds is 8. The second kappa shape index (κ2) is 12.3. The Balaban J connectivity index is 1.27. The summed E-state index contributed by atoms with van der Waals surface area (Å²) in [5.74, 6) is -2.49. The van der Waals surface area contributed by atoms with E-state index in [0.717, 1.165) is 9.36 Å². The number of nitrogens with zero attached hydrogens (tertiary/aromatic N) is 10. The van der Waals surface area contributed by atoms with Crippen molar-refractivity contribution in [2.45, 2.75) is 25.7 Å². The molecular formula is C22H20F6N10S4. The molecule has 0 saturated carbocycles. The minimum absolute atomic E-state index is 0.0268. The molecule has 4 aromatic rings. The zero-order valence-electron chi connectivity index (χ0n) is 21.2. The van der Waals surface area contributed by atoms with E-state index in [1.165, 1.54) is 35.1 Å². The van der Waals surface area contributed by atoms with Gasteiger partial charge in [0.1, 0.15) is 0 Å². The molecule has 224 valence electrons. The maximum atomic E-state index is 13.7. The first-order valence-corrected chi connectivity index (χ1v) is 14.6. The third-order valence-electron chi connectivity index (χ3n) is 5.96. The lowest BCUT2D eigenvalue weighted by Gasteiger charge is -2.34. The van der Waals surface area contributed by atoms with Gasteiger partial charge < -0.3 is 0 Å². The van der Waals surface area contributed by atoms with Crippen molar-refractivity contribution in [3.8, 4) is 0 Å². The van der Waals surface area contributed by atoms with Crippen molar-refractivity contribution in [3.63, 3.8) is 0 Å². The lowest BCUT2D eigenvalue weighted by molar-refractivity contribution is -0.148. The monoisotopic (exact) mass is 666 g/mol. The van der Waals surface area contributed by atoms with Crippen molar-refractivity contribution in [3.05, 3.63) is 66.0 Å². The molecule has 0 spiro atoms. The largest absolute Gasteiger partial charge is 0.453 e. The molecule has 10 nitrogen and oxygen atoms in total. The van der Waals surface area contributed by atoms with Crippen LogP contribution in [0.25, 0.3) is 0 Å². The Kier molecular flexibility index (Phi) is 8.90. The Morgan fingerprint density at radius 1 is 0.714 bits per heavy atom. The normalized spacial score (nSPS) is 16.0. The number of piperazine rings is 1. The standard InChI is InChI=1S/C22H20F6N10S4/c23-21(24,25)17-31-35(19(39)37(17)29-11-15-3-1-9-41-15)13-33-5-7-34(8-6-33)14-36-20(40)38(18(32-36)22(26,27)28)30-12-16-4-2-10-42-16/h1-4,9-12H,5-8,13-14H2/b29-11-,30-12-. The molecule has 42 heavy (non-hydrogen) atoms. The van der Waals surface area contributed by atoms with E-state index in [-0.39, 0.29) is 22.9 Å². The number of halogens is 6. The predicted molar refractivity (Wildman–Crippen MR) is 150 cm³/mol. The van der Waals surface area contributed by atoms with E-state index in [1.807, 2.05) is 9.80 Å². The summed E-state index contributed by atoms with van der Waals surface area (Å²) in [6.45, 7) is 1.47. The summed E-state index contributed by atoms with van der Waals surface area (Å²) in [4.78, 5) is 4.96. The first kappa shape index (κ1) is 30.4. The average Bonchev–Trinajstić information content (AvgIpc) is 3.72. The molecular weight excluding hydrogens is 647 g/mol. The highest BCUT2D eigenvalue weighted by molar-refractivity contribution is 7.71. The summed E-state index contributed by atoms with van der Waals surface area (Å²) in [6, 6.07) is 6.90. The SMILES string of the molecule is FC(F)(F)c1nn(CN2CCN(Cn3nc(C(F)(F)F)n(/N=C\c4cccs4)c3=S)CC2)c(=S)n1/N=C\c1cccs1. The number of aromatic nitrogens is 6. The van der Waals surface area contributed by atoms with Crippen LogP contribution in [0.4, 0.5) is 26.3 Å². The molecule has 0 atom stereocenters. The van der Waals surface area contributed by atoms with Crippen molar-refractivity contribution in [2.24, 2.45) is 10.2 Å². The van der Waals surface area contributed by atoms with Gasteiger partial charge in [-0.2, -0.15) is 45.9 Å². The van der Waals surface area contributed by atoms with E-state index in [4.69, 9.17) is 24.4 Å². The Bertz CT molecular complexity index is 1540. The van der Waals surface area contributed by atoms with Crippen LogP contribution >= 0.6 is 47.1 Å². The maximum absolute atomic E-state index is 13.7. The van der Waals surface area contributed by atoms with Gasteiger partial charge in [-0.25, -0.2) is 9.36 Å². The minimum atomic E-state index is -4.78. The third-order valence-corrected chi connectivity index (χ3v) is 8.34. The summed E-state index contributed by atoms with van der Waals surface area (Å²) < 4.78 is 84.8.